The Balaban J connectivity index is 0. The molecular formula is C3H7N2OSn. The van der Waals surface area contributed by atoms with Gasteiger partial charge in [0.1, 0.15) is 0 Å². The molecule has 4 heteroatoms. The van der Waals surface area contributed by atoms with Crippen molar-refractivity contribution in [3.8, 4) is 0 Å². The Bertz CT molecular complexity index is 69.4. The predicted molar refractivity (Wildman–Crippen MR) is 29.4 cm³/mol. The van der Waals surface area contributed by atoms with Crippen LogP contribution in [0.4, 0.5) is 0 Å². The average molecular weight is 206 g/mol. The van der Waals surface area contributed by atoms with E-state index >= 15 is 0 Å². The summed E-state index contributed by atoms with van der Waals surface area (Å²) in [5, 5.41) is 0. The molecule has 0 spiro atoms. The first kappa shape index (κ1) is 10.1. The van der Waals surface area contributed by atoms with E-state index < -0.39 is 0 Å². The molecule has 0 aliphatic rings. The zero-order valence-corrected chi connectivity index (χ0v) is 7.05. The number of nitrogens with one attached hydrogen (secondary N) is 1. The minimum Gasteiger partial charge on any atom is -0.351 e. The minimum absolute atomic E-state index is 0. The molecule has 1 heterocycles. The van der Waals surface area contributed by atoms with Gasteiger partial charge in [0.25, 0.3) is 0 Å². The summed E-state index contributed by atoms with van der Waals surface area (Å²) in [6.45, 7) is 0. The molecule has 3 N–H and O–H groups in total. The van der Waals surface area contributed by atoms with Gasteiger partial charge < -0.3 is 10.5 Å². The zero-order valence-electron chi connectivity index (χ0n) is 3.76. The number of hydrogen-bond donors (Lipinski definition) is 1. The molecule has 0 atom stereocenters. The second-order valence-corrected chi connectivity index (χ2v) is 0.761. The van der Waals surface area contributed by atoms with E-state index in [1.807, 2.05) is 0 Å². The van der Waals surface area contributed by atoms with Crippen LogP contribution in [-0.4, -0.2) is 39.4 Å². The summed E-state index contributed by atoms with van der Waals surface area (Å²) in [6.07, 6.45) is 5.08. The van der Waals surface area contributed by atoms with Gasteiger partial charge in [0.15, 0.2) is 0 Å². The van der Waals surface area contributed by atoms with E-state index in [2.05, 4.69) is 9.97 Å². The van der Waals surface area contributed by atoms with Gasteiger partial charge in [-0.3, -0.25) is 0 Å². The summed E-state index contributed by atoms with van der Waals surface area (Å²) >= 11 is 0. The fourth-order valence-electron chi connectivity index (χ4n) is 0.215. The van der Waals surface area contributed by atoms with Gasteiger partial charge in [0, 0.05) is 12.4 Å². The van der Waals surface area contributed by atoms with Crippen molar-refractivity contribution < 1.29 is 5.48 Å². The van der Waals surface area contributed by atoms with Crippen LogP contribution in [0.2, 0.25) is 0 Å². The number of hydrogen-bond acceptors (Lipinski definition) is 1. The maximum absolute atomic E-state index is 3.67. The molecule has 0 saturated carbocycles. The Morgan fingerprint density at radius 3 is 2.29 bits per heavy atom. The quantitative estimate of drug-likeness (QED) is 0.540. The summed E-state index contributed by atoms with van der Waals surface area (Å²) in [4.78, 5) is 6.42. The van der Waals surface area contributed by atoms with Crippen molar-refractivity contribution in [1.82, 2.24) is 9.97 Å². The van der Waals surface area contributed by atoms with Gasteiger partial charge in [-0.25, -0.2) is 4.98 Å². The van der Waals surface area contributed by atoms with Crippen LogP contribution in [0.3, 0.4) is 0 Å². The van der Waals surface area contributed by atoms with Gasteiger partial charge in [-0.05, 0) is 0 Å². The number of aromatic amines is 1. The fraction of sp³-hybridized carbons (Fsp3) is 0. The Kier molecular flexibility index (Phi) is 8.57. The summed E-state index contributed by atoms with van der Waals surface area (Å²) in [6, 6.07) is 0. The molecule has 0 amide bonds. The second-order valence-electron chi connectivity index (χ2n) is 0.761. The van der Waals surface area contributed by atoms with Crippen LogP contribution in [0.1, 0.15) is 0 Å². The average Bonchev–Trinajstić information content (AvgIpc) is 1.76. The van der Waals surface area contributed by atoms with E-state index in [9.17, 15) is 0 Å². The molecule has 0 saturated heterocycles. The summed E-state index contributed by atoms with van der Waals surface area (Å²) < 4.78 is 0. The summed E-state index contributed by atoms with van der Waals surface area (Å²) in [5.41, 5.74) is 0. The molecule has 7 heavy (non-hydrogen) atoms. The van der Waals surface area contributed by atoms with Crippen molar-refractivity contribution in [3.05, 3.63) is 18.7 Å². The SMILES string of the molecule is O.[SnH].c1c[nH]cn1. The fourth-order valence-corrected chi connectivity index (χ4v) is 0.215. The third kappa shape index (κ3) is 3.81. The molecule has 1 aromatic rings. The number of H-pyrrole nitrogens is 1. The Morgan fingerprint density at radius 1 is 1.43 bits per heavy atom. The zero-order chi connectivity index (χ0) is 3.54. The normalized spacial score (nSPS) is 5.71. The molecule has 0 aliphatic carbocycles. The van der Waals surface area contributed by atoms with Gasteiger partial charge in [-0.15, -0.1) is 0 Å². The van der Waals surface area contributed by atoms with Crippen molar-refractivity contribution >= 4 is 23.9 Å². The molecule has 3 nitrogen and oxygen atoms in total. The maximum Gasteiger partial charge on any atom is 0.0919 e. The van der Waals surface area contributed by atoms with Crippen LogP contribution in [0, 0.1) is 0 Å². The first-order valence-electron chi connectivity index (χ1n) is 1.43. The van der Waals surface area contributed by atoms with Crippen molar-refractivity contribution in [3.63, 3.8) is 0 Å². The first-order chi connectivity index (χ1) is 2.50. The van der Waals surface area contributed by atoms with E-state index in [1.54, 1.807) is 18.7 Å². The Morgan fingerprint density at radius 2 is 2.14 bits per heavy atom. The number of rotatable bonds is 0. The molecule has 0 aliphatic heterocycles. The van der Waals surface area contributed by atoms with Gasteiger partial charge in [0.2, 0.25) is 0 Å². The van der Waals surface area contributed by atoms with Gasteiger partial charge in [-0.2, -0.15) is 0 Å². The smallest absolute Gasteiger partial charge is 0.0919 e. The van der Waals surface area contributed by atoms with Crippen LogP contribution in [0.5, 0.6) is 0 Å². The maximum atomic E-state index is 3.67. The first-order valence-corrected chi connectivity index (χ1v) is 1.43. The molecular weight excluding hydrogens is 199 g/mol. The van der Waals surface area contributed by atoms with E-state index in [0.717, 1.165) is 0 Å². The van der Waals surface area contributed by atoms with Gasteiger partial charge in [0.05, 0.1) is 6.33 Å². The number of imidazole rings is 1. The van der Waals surface area contributed by atoms with E-state index in [-0.39, 0.29) is 29.4 Å². The van der Waals surface area contributed by atoms with E-state index in [1.165, 1.54) is 0 Å². The summed E-state index contributed by atoms with van der Waals surface area (Å²) in [7, 11) is 0. The third-order valence-corrected chi connectivity index (χ3v) is 0.406. The molecule has 0 unspecified atom stereocenters. The monoisotopic (exact) mass is 207 g/mol. The van der Waals surface area contributed by atoms with Gasteiger partial charge >= 0.3 is 23.9 Å². The van der Waals surface area contributed by atoms with Crippen molar-refractivity contribution in [2.45, 2.75) is 0 Å². The molecule has 0 bridgehead atoms. The van der Waals surface area contributed by atoms with Crippen LogP contribution in [0.15, 0.2) is 18.7 Å². The van der Waals surface area contributed by atoms with E-state index in [4.69, 9.17) is 0 Å². The predicted octanol–water partition coefficient (Wildman–Crippen LogP) is -1.06. The van der Waals surface area contributed by atoms with E-state index in [0.29, 0.717) is 0 Å². The second kappa shape index (κ2) is 5.97. The third-order valence-electron chi connectivity index (χ3n) is 0.406. The van der Waals surface area contributed by atoms with Crippen LogP contribution < -0.4 is 0 Å². The van der Waals surface area contributed by atoms with Crippen molar-refractivity contribution in [2.24, 2.45) is 0 Å². The minimum atomic E-state index is 0. The number of aromatic nitrogens is 2. The molecule has 0 aromatic carbocycles. The number of nitrogens with zero attached hydrogens (tertiary/aromatic N) is 1. The van der Waals surface area contributed by atoms with Crippen LogP contribution >= 0.6 is 0 Å². The molecule has 3 radical (unpaired) electrons. The van der Waals surface area contributed by atoms with Gasteiger partial charge in [-0.1, -0.05) is 0 Å². The van der Waals surface area contributed by atoms with Crippen molar-refractivity contribution in [1.29, 1.82) is 0 Å². The molecule has 1 rings (SSSR count). The Labute approximate surface area is 58.4 Å². The molecule has 39 valence electrons. The topological polar surface area (TPSA) is 60.2 Å². The van der Waals surface area contributed by atoms with Crippen LogP contribution in [0.25, 0.3) is 0 Å². The Hall–Kier alpha value is -0.0313. The standard InChI is InChI=1S/C3H4N2.H2O.Sn.H/c1-2-5-3-4-1;;;/h1-3H,(H,4,5);1H2;;. The van der Waals surface area contributed by atoms with Crippen LogP contribution in [-0.2, 0) is 0 Å². The molecule has 1 aromatic heterocycles. The van der Waals surface area contributed by atoms with Crippen molar-refractivity contribution in [2.75, 3.05) is 0 Å². The summed E-state index contributed by atoms with van der Waals surface area (Å²) in [5.74, 6) is 0. The largest absolute Gasteiger partial charge is 0.351 e. The molecule has 0 fully saturated rings.